The van der Waals surface area contributed by atoms with Gasteiger partial charge in [0.2, 0.25) is 0 Å². The van der Waals surface area contributed by atoms with E-state index < -0.39 is 27.5 Å². The number of anilines is 1. The molecule has 2 N–H and O–H groups in total. The van der Waals surface area contributed by atoms with Crippen LogP contribution >= 0.6 is 10.2 Å². The van der Waals surface area contributed by atoms with Gasteiger partial charge in [0.25, 0.3) is 0 Å². The van der Waals surface area contributed by atoms with Crippen molar-refractivity contribution in [3.05, 3.63) is 59.7 Å². The molecule has 0 saturated heterocycles. The molecule has 1 fully saturated rings. The molecule has 0 amide bonds. The van der Waals surface area contributed by atoms with Crippen molar-refractivity contribution in [2.24, 2.45) is 0 Å². The summed E-state index contributed by atoms with van der Waals surface area (Å²) in [6.07, 6.45) is 5.06. The van der Waals surface area contributed by atoms with Crippen LogP contribution in [0.3, 0.4) is 0 Å². The Bertz CT molecular complexity index is 1230. The summed E-state index contributed by atoms with van der Waals surface area (Å²) in [6.45, 7) is -0.627. The number of nitrogen functional groups attached to an aromatic ring is 1. The molecule has 0 unspecified atom stereocenters. The number of benzene rings is 2. The average molecular weight is 505 g/mol. The van der Waals surface area contributed by atoms with E-state index >= 15 is 4.39 Å². The molecular weight excluding hydrogens is 484 g/mol. The van der Waals surface area contributed by atoms with Crippen LogP contribution in [0.1, 0.15) is 36.3 Å². The molecule has 0 bridgehead atoms. The van der Waals surface area contributed by atoms with Crippen molar-refractivity contribution in [2.75, 3.05) is 12.8 Å². The second kappa shape index (κ2) is 7.69. The fourth-order valence-electron chi connectivity index (χ4n) is 3.69. The van der Waals surface area contributed by atoms with Gasteiger partial charge >= 0.3 is 10.2 Å². The van der Waals surface area contributed by atoms with Crippen LogP contribution in [-0.2, 0) is 6.61 Å². The largest absolute Gasteiger partial charge is 0.496 e. The Balaban J connectivity index is 1.74. The molecule has 1 heterocycles. The first kappa shape index (κ1) is 24.0. The monoisotopic (exact) mass is 505 g/mol. The fourth-order valence-corrected chi connectivity index (χ4v) is 4.38. The summed E-state index contributed by atoms with van der Waals surface area (Å²) in [4.78, 5) is 5.86. The molecule has 0 radical (unpaired) electrons. The number of methoxy groups -OCH3 is 1. The number of ether oxygens (including phenoxy) is 2. The molecule has 2 aromatic carbocycles. The predicted octanol–water partition coefficient (Wildman–Crippen LogP) is 7.38. The third-order valence-electron chi connectivity index (χ3n) is 5.69. The number of hydrogen-bond donors (Lipinski definition) is 1. The maximum absolute atomic E-state index is 15.6. The number of rotatable bonds is 7. The van der Waals surface area contributed by atoms with Gasteiger partial charge in [-0.1, -0.05) is 31.9 Å². The van der Waals surface area contributed by atoms with E-state index in [2.05, 4.69) is 9.97 Å². The maximum Gasteiger partial charge on any atom is 0.310 e. The van der Waals surface area contributed by atoms with Crippen molar-refractivity contribution in [2.45, 2.75) is 36.7 Å². The van der Waals surface area contributed by atoms with Gasteiger partial charge in [-0.2, -0.15) is 0 Å². The highest BCUT2D eigenvalue weighted by Crippen LogP contribution is 3.02. The Labute approximate surface area is 191 Å². The summed E-state index contributed by atoms with van der Waals surface area (Å²) in [5.41, 5.74) is 6.00. The average Bonchev–Trinajstić information content (AvgIpc) is 2.71. The van der Waals surface area contributed by atoms with Gasteiger partial charge < -0.3 is 15.2 Å². The molecule has 0 aliphatic heterocycles. The normalized spacial score (nSPS) is 16.3. The smallest absolute Gasteiger partial charge is 0.310 e. The van der Waals surface area contributed by atoms with Gasteiger partial charge in [0.15, 0.2) is 11.6 Å². The van der Waals surface area contributed by atoms with E-state index in [0.29, 0.717) is 5.56 Å². The first-order chi connectivity index (χ1) is 15.8. The Morgan fingerprint density at radius 2 is 1.76 bits per heavy atom. The van der Waals surface area contributed by atoms with Crippen LogP contribution < -0.4 is 15.2 Å². The topological polar surface area (TPSA) is 70.3 Å². The Morgan fingerprint density at radius 1 is 1.03 bits per heavy atom. The maximum atomic E-state index is 15.6. The van der Waals surface area contributed by atoms with E-state index in [0.717, 1.165) is 25.3 Å². The minimum Gasteiger partial charge on any atom is -0.496 e. The van der Waals surface area contributed by atoms with Crippen LogP contribution in [-0.4, -0.2) is 17.1 Å². The Hall–Kier alpha value is -3.15. The fraction of sp³-hybridized carbons (Fsp3) is 0.273. The van der Waals surface area contributed by atoms with Crippen LogP contribution in [0.5, 0.6) is 11.5 Å². The second-order valence-electron chi connectivity index (χ2n) is 8.03. The molecule has 1 aromatic heterocycles. The lowest BCUT2D eigenvalue weighted by atomic mass is 9.79. The number of nitrogens with two attached hydrogens (primary N) is 1. The van der Waals surface area contributed by atoms with Crippen LogP contribution in [0.4, 0.5) is 29.6 Å². The number of aromatic nitrogens is 2. The summed E-state index contributed by atoms with van der Waals surface area (Å²) < 4.78 is 92.8. The van der Waals surface area contributed by atoms with Crippen molar-refractivity contribution >= 4 is 16.0 Å². The molecule has 0 atom stereocenters. The summed E-state index contributed by atoms with van der Waals surface area (Å²) in [6, 6.07) is 4.50. The molecule has 5 nitrogen and oxygen atoms in total. The summed E-state index contributed by atoms with van der Waals surface area (Å²) in [7, 11) is -8.75. The molecule has 4 rings (SSSR count). The first-order valence-corrected chi connectivity index (χ1v) is 12.2. The van der Waals surface area contributed by atoms with Gasteiger partial charge in [-0.3, -0.25) is 4.98 Å². The molecule has 0 spiro atoms. The van der Waals surface area contributed by atoms with Crippen molar-refractivity contribution in [3.8, 4) is 22.8 Å². The highest BCUT2D eigenvalue weighted by Gasteiger charge is 2.65. The molecule has 34 heavy (non-hydrogen) atoms. The minimum atomic E-state index is -9.93. The van der Waals surface area contributed by atoms with E-state index in [1.54, 1.807) is 6.07 Å². The molecule has 184 valence electrons. The molecule has 3 aromatic rings. The Morgan fingerprint density at radius 3 is 2.32 bits per heavy atom. The van der Waals surface area contributed by atoms with E-state index in [1.165, 1.54) is 25.6 Å². The minimum absolute atomic E-state index is 0.00831. The van der Waals surface area contributed by atoms with Gasteiger partial charge in [-0.15, -0.1) is 0 Å². The lowest BCUT2D eigenvalue weighted by Gasteiger charge is -2.40. The third-order valence-corrected chi connectivity index (χ3v) is 6.83. The van der Waals surface area contributed by atoms with Gasteiger partial charge in [-0.05, 0) is 43.0 Å². The Kier molecular flexibility index (Phi) is 5.42. The standard InChI is InChI=1S/C22H21F6N3O2S/c1-32-19-8-5-15(34(24,25,26,27)28)9-14(19)12-33-22-16(13-3-2-4-13)6-7-17(21(22)23)18-10-31-20(29)11-30-18/h5-11,13H,2-4,12H2,1H3,(H2,29,31). The van der Waals surface area contributed by atoms with E-state index in [-0.39, 0.29) is 52.2 Å². The zero-order valence-corrected chi connectivity index (χ0v) is 18.7. The predicted molar refractivity (Wildman–Crippen MR) is 117 cm³/mol. The van der Waals surface area contributed by atoms with Gasteiger partial charge in [0.1, 0.15) is 23.1 Å². The van der Waals surface area contributed by atoms with Crippen molar-refractivity contribution in [3.63, 3.8) is 0 Å². The zero-order chi connectivity index (χ0) is 24.8. The number of halogens is 6. The van der Waals surface area contributed by atoms with Crippen molar-refractivity contribution in [1.29, 1.82) is 0 Å². The van der Waals surface area contributed by atoms with Crippen LogP contribution in [0, 0.1) is 5.82 Å². The van der Waals surface area contributed by atoms with E-state index in [9.17, 15) is 19.4 Å². The molecule has 1 saturated carbocycles. The van der Waals surface area contributed by atoms with Crippen molar-refractivity contribution in [1.82, 2.24) is 9.97 Å². The second-order valence-corrected chi connectivity index (χ2v) is 10.4. The molecule has 1 aliphatic rings. The van der Waals surface area contributed by atoms with Gasteiger partial charge in [0, 0.05) is 16.7 Å². The van der Waals surface area contributed by atoms with Gasteiger partial charge in [0.05, 0.1) is 25.2 Å². The lowest BCUT2D eigenvalue weighted by Crippen LogP contribution is -2.13. The summed E-state index contributed by atoms with van der Waals surface area (Å²) >= 11 is 0. The van der Waals surface area contributed by atoms with E-state index in [4.69, 9.17) is 15.2 Å². The molecular formula is C22H21F6N3O2S. The van der Waals surface area contributed by atoms with Crippen molar-refractivity contribution < 1.29 is 33.3 Å². The number of hydrogen-bond acceptors (Lipinski definition) is 5. The highest BCUT2D eigenvalue weighted by molar-refractivity contribution is 8.45. The van der Waals surface area contributed by atoms with E-state index in [1.807, 2.05) is 0 Å². The van der Waals surface area contributed by atoms with Crippen LogP contribution in [0.25, 0.3) is 11.3 Å². The summed E-state index contributed by atoms with van der Waals surface area (Å²) in [5.74, 6) is -0.916. The van der Waals surface area contributed by atoms with Gasteiger partial charge in [-0.25, -0.2) is 9.37 Å². The summed E-state index contributed by atoms with van der Waals surface area (Å²) in [5, 5.41) is 0. The zero-order valence-electron chi connectivity index (χ0n) is 17.9. The molecule has 1 aliphatic carbocycles. The third kappa shape index (κ3) is 4.86. The lowest BCUT2D eigenvalue weighted by molar-refractivity contribution is 0.272. The SMILES string of the molecule is COc1ccc(S(F)(F)(F)(F)F)cc1COc1c(C2CCC2)ccc(-c2cnc(N)cn2)c1F. The van der Waals surface area contributed by atoms with Crippen LogP contribution in [0.15, 0.2) is 47.6 Å². The molecule has 12 heteroatoms. The number of nitrogens with zero attached hydrogens (tertiary/aromatic N) is 2. The first-order valence-electron chi connectivity index (χ1n) is 10.2. The highest BCUT2D eigenvalue weighted by atomic mass is 32.5. The van der Waals surface area contributed by atoms with Crippen LogP contribution in [0.2, 0.25) is 0 Å². The quantitative estimate of drug-likeness (QED) is 0.339.